The number of carbonyl (C=O) groups is 2. The van der Waals surface area contributed by atoms with Crippen LogP contribution < -0.4 is 9.47 Å². The van der Waals surface area contributed by atoms with E-state index in [2.05, 4.69) is 0 Å². The number of nitrogens with zero attached hydrogens (tertiary/aromatic N) is 3. The van der Waals surface area contributed by atoms with Gasteiger partial charge in [0, 0.05) is 32.1 Å². The van der Waals surface area contributed by atoms with Crippen LogP contribution in [0.5, 0.6) is 5.75 Å². The third-order valence-electron chi connectivity index (χ3n) is 5.04. The molecule has 9 heteroatoms. The van der Waals surface area contributed by atoms with E-state index in [1.165, 1.54) is 12.4 Å². The molecule has 1 aliphatic rings. The molecule has 0 bridgehead atoms. The molecule has 2 heterocycles. The fourth-order valence-electron chi connectivity index (χ4n) is 3.47. The predicted molar refractivity (Wildman–Crippen MR) is 120 cm³/mol. The average molecular weight is 458 g/mol. The number of carbonyl (C=O) groups excluding carboxylic acids is 2. The zero-order chi connectivity index (χ0) is 23.8. The van der Waals surface area contributed by atoms with E-state index in [0.717, 1.165) is 5.56 Å². The summed E-state index contributed by atoms with van der Waals surface area (Å²) in [6, 6.07) is 12.4. The molecule has 0 saturated carbocycles. The van der Waals surface area contributed by atoms with Crippen LogP contribution in [0.15, 0.2) is 54.9 Å². The van der Waals surface area contributed by atoms with Crippen LogP contribution >= 0.6 is 0 Å². The normalized spacial score (nSPS) is 16.3. The van der Waals surface area contributed by atoms with Gasteiger partial charge in [0.05, 0.1) is 12.6 Å². The number of piperazine rings is 1. The first kappa shape index (κ1) is 24.2. The Morgan fingerprint density at radius 3 is 2.55 bits per heavy atom. The molecule has 1 fully saturated rings. The third-order valence-corrected chi connectivity index (χ3v) is 5.04. The van der Waals surface area contributed by atoms with Crippen molar-refractivity contribution in [3.63, 3.8) is 0 Å². The van der Waals surface area contributed by atoms with Crippen LogP contribution in [0, 0.1) is 5.21 Å². The van der Waals surface area contributed by atoms with Crippen LogP contribution in [0.3, 0.4) is 0 Å². The molecule has 0 aliphatic carbocycles. The predicted octanol–water partition coefficient (Wildman–Crippen LogP) is 3.35. The summed E-state index contributed by atoms with van der Waals surface area (Å²) >= 11 is 0. The summed E-state index contributed by atoms with van der Waals surface area (Å²) in [5, 5.41) is 11.4. The average Bonchev–Trinajstić information content (AvgIpc) is 2.77. The molecule has 1 aromatic heterocycles. The fourth-order valence-corrected chi connectivity index (χ4v) is 3.47. The number of rotatable bonds is 6. The van der Waals surface area contributed by atoms with Crippen molar-refractivity contribution in [2.24, 2.45) is 0 Å². The SMILES string of the molecule is CC(C)(C)OC(=O)N1CCN(C(=O)OCc2ccccc2)C[C@H]1CCOc1ccc[n+]([O-])c1. The summed E-state index contributed by atoms with van der Waals surface area (Å²) in [7, 11) is 0. The van der Waals surface area contributed by atoms with Crippen molar-refractivity contribution in [1.82, 2.24) is 9.80 Å². The second-order valence-electron chi connectivity index (χ2n) is 8.85. The van der Waals surface area contributed by atoms with E-state index in [9.17, 15) is 14.8 Å². The topological polar surface area (TPSA) is 95.2 Å². The highest BCUT2D eigenvalue weighted by molar-refractivity contribution is 5.71. The van der Waals surface area contributed by atoms with Crippen molar-refractivity contribution in [2.45, 2.75) is 45.4 Å². The molecule has 2 aromatic rings. The van der Waals surface area contributed by atoms with Crippen LogP contribution in [0.4, 0.5) is 9.59 Å². The Bertz CT molecular complexity index is 931. The Hall–Kier alpha value is -3.49. The quantitative estimate of drug-likeness (QED) is 0.488. The maximum atomic E-state index is 12.8. The molecule has 1 atom stereocenters. The van der Waals surface area contributed by atoms with Crippen LogP contribution in [0.1, 0.15) is 32.8 Å². The Morgan fingerprint density at radius 2 is 1.85 bits per heavy atom. The van der Waals surface area contributed by atoms with E-state index in [-0.39, 0.29) is 19.3 Å². The molecular formula is C24H31N3O6. The van der Waals surface area contributed by atoms with Gasteiger partial charge in [0.25, 0.3) is 0 Å². The van der Waals surface area contributed by atoms with Gasteiger partial charge in [0.15, 0.2) is 11.9 Å². The number of hydrogen-bond donors (Lipinski definition) is 0. The lowest BCUT2D eigenvalue weighted by Crippen LogP contribution is -2.57. The number of pyridine rings is 1. The van der Waals surface area contributed by atoms with Gasteiger partial charge in [-0.15, -0.1) is 0 Å². The maximum Gasteiger partial charge on any atom is 0.410 e. The molecule has 1 aliphatic heterocycles. The Labute approximate surface area is 194 Å². The molecule has 178 valence electrons. The lowest BCUT2D eigenvalue weighted by atomic mass is 10.1. The van der Waals surface area contributed by atoms with E-state index < -0.39 is 17.8 Å². The highest BCUT2D eigenvalue weighted by Gasteiger charge is 2.35. The summed E-state index contributed by atoms with van der Waals surface area (Å²) in [6.45, 7) is 6.86. The minimum Gasteiger partial charge on any atom is -0.619 e. The lowest BCUT2D eigenvalue weighted by Gasteiger charge is -2.41. The molecule has 3 rings (SSSR count). The molecule has 1 aromatic carbocycles. The summed E-state index contributed by atoms with van der Waals surface area (Å²) in [5.74, 6) is 0.436. The standard InChI is InChI=1S/C24H31N3O6/c1-24(2,3)33-23(29)27-14-13-25(22(28)32-18-19-8-5-4-6-9-19)16-20(27)11-15-31-21-10-7-12-26(30)17-21/h4-10,12,17,20H,11,13-16,18H2,1-3H3/t20-/m1/s1. The molecule has 2 amide bonds. The van der Waals surface area contributed by atoms with Crippen molar-refractivity contribution >= 4 is 12.2 Å². The van der Waals surface area contributed by atoms with Gasteiger partial charge in [-0.3, -0.25) is 0 Å². The number of hydrogen-bond acceptors (Lipinski definition) is 6. The van der Waals surface area contributed by atoms with Crippen LogP contribution in [-0.4, -0.2) is 59.9 Å². The van der Waals surface area contributed by atoms with Gasteiger partial charge in [-0.25, -0.2) is 9.59 Å². The number of aromatic nitrogens is 1. The zero-order valence-electron chi connectivity index (χ0n) is 19.3. The molecule has 0 radical (unpaired) electrons. The van der Waals surface area contributed by atoms with E-state index in [4.69, 9.17) is 14.2 Å². The summed E-state index contributed by atoms with van der Waals surface area (Å²) in [4.78, 5) is 28.7. The van der Waals surface area contributed by atoms with Crippen LogP contribution in [0.25, 0.3) is 0 Å². The smallest absolute Gasteiger partial charge is 0.410 e. The monoisotopic (exact) mass is 457 g/mol. The van der Waals surface area contributed by atoms with Gasteiger partial charge >= 0.3 is 12.2 Å². The Balaban J connectivity index is 1.61. The van der Waals surface area contributed by atoms with Crippen molar-refractivity contribution in [3.8, 4) is 5.75 Å². The largest absolute Gasteiger partial charge is 0.619 e. The number of ether oxygens (including phenoxy) is 3. The second kappa shape index (κ2) is 10.9. The summed E-state index contributed by atoms with van der Waals surface area (Å²) in [5.41, 5.74) is 0.275. The van der Waals surface area contributed by atoms with Crippen LogP contribution in [-0.2, 0) is 16.1 Å². The first-order chi connectivity index (χ1) is 15.7. The van der Waals surface area contributed by atoms with Crippen molar-refractivity contribution < 1.29 is 28.5 Å². The van der Waals surface area contributed by atoms with E-state index in [0.29, 0.717) is 36.5 Å². The maximum absolute atomic E-state index is 12.8. The van der Waals surface area contributed by atoms with Gasteiger partial charge in [0.1, 0.15) is 12.2 Å². The lowest BCUT2D eigenvalue weighted by molar-refractivity contribution is -0.605. The first-order valence-corrected chi connectivity index (χ1v) is 11.0. The van der Waals surface area contributed by atoms with Gasteiger partial charge in [-0.05, 0) is 32.4 Å². The van der Waals surface area contributed by atoms with Gasteiger partial charge in [-0.1, -0.05) is 30.3 Å². The van der Waals surface area contributed by atoms with Crippen LogP contribution in [0.2, 0.25) is 0 Å². The zero-order valence-corrected chi connectivity index (χ0v) is 19.3. The van der Waals surface area contributed by atoms with Crippen molar-refractivity contribution in [3.05, 3.63) is 65.6 Å². The molecular weight excluding hydrogens is 426 g/mol. The minimum absolute atomic E-state index is 0.183. The third kappa shape index (κ3) is 7.55. The van der Waals surface area contributed by atoms with E-state index in [1.807, 2.05) is 51.1 Å². The van der Waals surface area contributed by atoms with E-state index >= 15 is 0 Å². The van der Waals surface area contributed by atoms with E-state index in [1.54, 1.807) is 21.9 Å². The van der Waals surface area contributed by atoms with Crippen molar-refractivity contribution in [1.29, 1.82) is 0 Å². The first-order valence-electron chi connectivity index (χ1n) is 11.0. The number of benzene rings is 1. The summed E-state index contributed by atoms with van der Waals surface area (Å²) < 4.78 is 17.4. The molecule has 1 saturated heterocycles. The summed E-state index contributed by atoms with van der Waals surface area (Å²) in [6.07, 6.45) is 2.30. The molecule has 9 nitrogen and oxygen atoms in total. The fraction of sp³-hybridized carbons (Fsp3) is 0.458. The minimum atomic E-state index is -0.629. The van der Waals surface area contributed by atoms with Gasteiger partial charge in [0.2, 0.25) is 6.20 Å². The molecule has 33 heavy (non-hydrogen) atoms. The molecule has 0 unspecified atom stereocenters. The highest BCUT2D eigenvalue weighted by Crippen LogP contribution is 2.19. The van der Waals surface area contributed by atoms with Gasteiger partial charge in [-0.2, -0.15) is 4.73 Å². The molecule has 0 N–H and O–H groups in total. The Kier molecular flexibility index (Phi) is 7.97. The Morgan fingerprint density at radius 1 is 1.09 bits per heavy atom. The molecule has 0 spiro atoms. The second-order valence-corrected chi connectivity index (χ2v) is 8.85. The number of amides is 2. The van der Waals surface area contributed by atoms with Crippen molar-refractivity contribution in [2.75, 3.05) is 26.2 Å². The highest BCUT2D eigenvalue weighted by atomic mass is 16.6. The van der Waals surface area contributed by atoms with Gasteiger partial charge < -0.3 is 29.2 Å².